The zero-order valence-electron chi connectivity index (χ0n) is 14.0. The van der Waals surface area contributed by atoms with Gasteiger partial charge in [0.2, 0.25) is 0 Å². The van der Waals surface area contributed by atoms with Crippen molar-refractivity contribution >= 4 is 35.4 Å². The van der Waals surface area contributed by atoms with Crippen LogP contribution < -0.4 is 10.6 Å². The lowest BCUT2D eigenvalue weighted by Crippen LogP contribution is -2.44. The maximum Gasteiger partial charge on any atom is 0.338 e. The average Bonchev–Trinajstić information content (AvgIpc) is 2.58. The summed E-state index contributed by atoms with van der Waals surface area (Å²) in [5.74, 6) is -0.258. The van der Waals surface area contributed by atoms with E-state index in [1.54, 1.807) is 36.9 Å². The third kappa shape index (κ3) is 6.49. The van der Waals surface area contributed by atoms with Gasteiger partial charge in [0.25, 0.3) is 0 Å². The summed E-state index contributed by atoms with van der Waals surface area (Å²) in [6, 6.07) is 5.09. The second-order valence-electron chi connectivity index (χ2n) is 4.76. The number of rotatable bonds is 8. The van der Waals surface area contributed by atoms with Crippen molar-refractivity contribution in [1.82, 2.24) is 5.32 Å². The zero-order chi connectivity index (χ0) is 17.9. The summed E-state index contributed by atoms with van der Waals surface area (Å²) in [4.78, 5) is 35.4. The van der Waals surface area contributed by atoms with Gasteiger partial charge in [-0.25, -0.2) is 14.4 Å². The molecule has 0 bridgehead atoms. The molecule has 1 unspecified atom stereocenters. The van der Waals surface area contributed by atoms with Crippen molar-refractivity contribution in [1.29, 1.82) is 0 Å². The topological polar surface area (TPSA) is 93.7 Å². The fourth-order valence-electron chi connectivity index (χ4n) is 1.89. The number of anilines is 1. The van der Waals surface area contributed by atoms with Gasteiger partial charge in [-0.3, -0.25) is 0 Å². The van der Waals surface area contributed by atoms with Gasteiger partial charge in [0, 0.05) is 5.69 Å². The van der Waals surface area contributed by atoms with Crippen LogP contribution in [0.3, 0.4) is 0 Å². The van der Waals surface area contributed by atoms with Gasteiger partial charge in [-0.2, -0.15) is 11.8 Å². The molecule has 0 radical (unpaired) electrons. The molecule has 8 heteroatoms. The van der Waals surface area contributed by atoms with E-state index in [0.717, 1.165) is 0 Å². The van der Waals surface area contributed by atoms with Crippen molar-refractivity contribution in [2.75, 3.05) is 31.0 Å². The fraction of sp³-hybridized carbons (Fsp3) is 0.438. The standard InChI is InChI=1S/C16H22N2O5S/c1-4-23-14(19)11-6-5-7-12(10-11)17-16(21)18-13(8-9-24-3)15(20)22-2/h5-7,10,13H,4,8-9H2,1-3H3,(H2,17,18,21). The quantitative estimate of drug-likeness (QED) is 0.696. The van der Waals surface area contributed by atoms with Crippen molar-refractivity contribution < 1.29 is 23.9 Å². The van der Waals surface area contributed by atoms with Gasteiger partial charge in [-0.15, -0.1) is 0 Å². The number of carbonyl (C=O) groups is 3. The molecule has 1 aromatic carbocycles. The molecule has 2 N–H and O–H groups in total. The summed E-state index contributed by atoms with van der Waals surface area (Å²) < 4.78 is 9.60. The molecule has 0 aromatic heterocycles. The lowest BCUT2D eigenvalue weighted by atomic mass is 10.2. The van der Waals surface area contributed by atoms with Crippen molar-refractivity contribution in [2.24, 2.45) is 0 Å². The zero-order valence-corrected chi connectivity index (χ0v) is 14.8. The first-order valence-corrected chi connectivity index (χ1v) is 8.82. The Morgan fingerprint density at radius 1 is 1.29 bits per heavy atom. The van der Waals surface area contributed by atoms with Crippen molar-refractivity contribution in [3.8, 4) is 0 Å². The van der Waals surface area contributed by atoms with Crippen LogP contribution in [0.25, 0.3) is 0 Å². The third-order valence-corrected chi connectivity index (χ3v) is 3.68. The van der Waals surface area contributed by atoms with Crippen LogP contribution in [0.5, 0.6) is 0 Å². The Morgan fingerprint density at radius 2 is 2.04 bits per heavy atom. The number of thioether (sulfide) groups is 1. The maximum absolute atomic E-state index is 12.1. The normalized spacial score (nSPS) is 11.3. The molecule has 1 aromatic rings. The summed E-state index contributed by atoms with van der Waals surface area (Å²) in [5.41, 5.74) is 0.757. The second kappa shape index (κ2) is 10.5. The highest BCUT2D eigenvalue weighted by Gasteiger charge is 2.21. The molecule has 2 amide bonds. The molecule has 1 rings (SSSR count). The Hall–Kier alpha value is -2.22. The van der Waals surface area contributed by atoms with Gasteiger partial charge in [0.1, 0.15) is 6.04 Å². The Morgan fingerprint density at radius 3 is 2.67 bits per heavy atom. The van der Waals surface area contributed by atoms with Gasteiger partial charge in [-0.1, -0.05) is 6.07 Å². The van der Waals surface area contributed by atoms with E-state index >= 15 is 0 Å². The summed E-state index contributed by atoms with van der Waals surface area (Å²) in [7, 11) is 1.27. The largest absolute Gasteiger partial charge is 0.467 e. The van der Waals surface area contributed by atoms with Gasteiger partial charge < -0.3 is 20.1 Å². The van der Waals surface area contributed by atoms with Crippen LogP contribution in [-0.4, -0.2) is 49.7 Å². The molecule has 0 spiro atoms. The third-order valence-electron chi connectivity index (χ3n) is 3.03. The Balaban J connectivity index is 2.70. The van der Waals surface area contributed by atoms with Crippen LogP contribution in [0.15, 0.2) is 24.3 Å². The Bertz CT molecular complexity index is 579. The van der Waals surface area contributed by atoms with Crippen LogP contribution in [0, 0.1) is 0 Å². The SMILES string of the molecule is CCOC(=O)c1cccc(NC(=O)NC(CCSC)C(=O)OC)c1. The molecule has 132 valence electrons. The first-order chi connectivity index (χ1) is 11.5. The fourth-order valence-corrected chi connectivity index (χ4v) is 2.36. The molecule has 0 saturated heterocycles. The van der Waals surface area contributed by atoms with E-state index < -0.39 is 24.0 Å². The van der Waals surface area contributed by atoms with E-state index in [4.69, 9.17) is 4.74 Å². The summed E-state index contributed by atoms with van der Waals surface area (Å²) in [6.45, 7) is 1.99. The van der Waals surface area contributed by atoms with Crippen LogP contribution in [0.2, 0.25) is 0 Å². The lowest BCUT2D eigenvalue weighted by Gasteiger charge is -2.16. The summed E-state index contributed by atoms with van der Waals surface area (Å²) >= 11 is 1.57. The highest BCUT2D eigenvalue weighted by molar-refractivity contribution is 7.98. The van der Waals surface area contributed by atoms with Gasteiger partial charge in [0.15, 0.2) is 0 Å². The number of nitrogens with one attached hydrogen (secondary N) is 2. The van der Waals surface area contributed by atoms with Gasteiger partial charge >= 0.3 is 18.0 Å². The minimum Gasteiger partial charge on any atom is -0.467 e. The minimum absolute atomic E-state index is 0.271. The molecule has 1 atom stereocenters. The Kier molecular flexibility index (Phi) is 8.70. The van der Waals surface area contributed by atoms with E-state index in [-0.39, 0.29) is 6.61 Å². The molecular weight excluding hydrogens is 332 g/mol. The van der Waals surface area contributed by atoms with E-state index in [1.807, 2.05) is 6.26 Å². The second-order valence-corrected chi connectivity index (χ2v) is 5.74. The van der Waals surface area contributed by atoms with Crippen LogP contribution in [0.4, 0.5) is 10.5 Å². The number of amides is 2. The van der Waals surface area contributed by atoms with E-state index in [0.29, 0.717) is 23.4 Å². The number of benzene rings is 1. The van der Waals surface area contributed by atoms with Crippen LogP contribution in [0.1, 0.15) is 23.7 Å². The maximum atomic E-state index is 12.1. The number of methoxy groups -OCH3 is 1. The van der Waals surface area contributed by atoms with Gasteiger partial charge in [0.05, 0.1) is 19.3 Å². The first kappa shape index (κ1) is 19.8. The Labute approximate surface area is 145 Å². The van der Waals surface area contributed by atoms with Crippen LogP contribution in [-0.2, 0) is 14.3 Å². The van der Waals surface area contributed by atoms with Crippen LogP contribution >= 0.6 is 11.8 Å². The minimum atomic E-state index is -0.726. The molecule has 0 heterocycles. The number of hydrogen-bond acceptors (Lipinski definition) is 6. The number of esters is 2. The van der Waals surface area contributed by atoms with E-state index in [2.05, 4.69) is 15.4 Å². The number of hydrogen-bond donors (Lipinski definition) is 2. The average molecular weight is 354 g/mol. The number of urea groups is 1. The highest BCUT2D eigenvalue weighted by atomic mass is 32.2. The van der Waals surface area contributed by atoms with Gasteiger partial charge in [-0.05, 0) is 43.6 Å². The van der Waals surface area contributed by atoms with E-state index in [1.165, 1.54) is 13.2 Å². The molecule has 0 aliphatic rings. The molecular formula is C16H22N2O5S. The smallest absolute Gasteiger partial charge is 0.338 e. The lowest BCUT2D eigenvalue weighted by molar-refractivity contribution is -0.142. The first-order valence-electron chi connectivity index (χ1n) is 7.43. The van der Waals surface area contributed by atoms with Crippen molar-refractivity contribution in [2.45, 2.75) is 19.4 Å². The molecule has 0 fully saturated rings. The van der Waals surface area contributed by atoms with E-state index in [9.17, 15) is 14.4 Å². The number of carbonyl (C=O) groups excluding carboxylic acids is 3. The molecule has 7 nitrogen and oxygen atoms in total. The predicted molar refractivity (Wildman–Crippen MR) is 93.4 cm³/mol. The molecule has 24 heavy (non-hydrogen) atoms. The summed E-state index contributed by atoms with van der Waals surface area (Å²) in [6.07, 6.45) is 2.37. The monoisotopic (exact) mass is 354 g/mol. The highest BCUT2D eigenvalue weighted by Crippen LogP contribution is 2.12. The number of ether oxygens (including phenoxy) is 2. The molecule has 0 aliphatic carbocycles. The molecule has 0 aliphatic heterocycles. The van der Waals surface area contributed by atoms with Crippen molar-refractivity contribution in [3.05, 3.63) is 29.8 Å². The summed E-state index contributed by atoms with van der Waals surface area (Å²) in [5, 5.41) is 5.16. The molecule has 0 saturated carbocycles. The predicted octanol–water partition coefficient (Wildman–Crippen LogP) is 2.28. The van der Waals surface area contributed by atoms with Crippen molar-refractivity contribution in [3.63, 3.8) is 0 Å².